The first kappa shape index (κ1) is 12.0. The largest absolute Gasteiger partial charge is 0.493 e. The molecule has 3 nitrogen and oxygen atoms in total. The quantitative estimate of drug-likeness (QED) is 0.906. The SMILES string of the molecule is COc1ccc([C@@H](N)c2ccsc2)cc1OC. The van der Waals surface area contributed by atoms with Gasteiger partial charge in [0.05, 0.1) is 20.3 Å². The van der Waals surface area contributed by atoms with Gasteiger partial charge in [-0.05, 0) is 40.1 Å². The second-order valence-electron chi connectivity index (χ2n) is 3.65. The Balaban J connectivity index is 2.33. The number of methoxy groups -OCH3 is 2. The van der Waals surface area contributed by atoms with Crippen molar-refractivity contribution in [1.29, 1.82) is 0 Å². The third kappa shape index (κ3) is 2.43. The summed E-state index contributed by atoms with van der Waals surface area (Å²) in [5.41, 5.74) is 8.31. The smallest absolute Gasteiger partial charge is 0.161 e. The van der Waals surface area contributed by atoms with E-state index in [0.29, 0.717) is 11.5 Å². The van der Waals surface area contributed by atoms with E-state index >= 15 is 0 Å². The molecule has 1 heterocycles. The summed E-state index contributed by atoms with van der Waals surface area (Å²) in [5, 5.41) is 4.08. The van der Waals surface area contributed by atoms with Crippen molar-refractivity contribution in [3.63, 3.8) is 0 Å². The Morgan fingerprint density at radius 3 is 2.41 bits per heavy atom. The van der Waals surface area contributed by atoms with Crippen LogP contribution in [-0.4, -0.2) is 14.2 Å². The lowest BCUT2D eigenvalue weighted by molar-refractivity contribution is 0.354. The lowest BCUT2D eigenvalue weighted by Gasteiger charge is -2.14. The van der Waals surface area contributed by atoms with Crippen LogP contribution in [0, 0.1) is 0 Å². The van der Waals surface area contributed by atoms with E-state index in [9.17, 15) is 0 Å². The Hall–Kier alpha value is -1.52. The first-order chi connectivity index (χ1) is 8.26. The van der Waals surface area contributed by atoms with Gasteiger partial charge in [0, 0.05) is 0 Å². The minimum atomic E-state index is -0.124. The maximum Gasteiger partial charge on any atom is 0.161 e. The first-order valence-electron chi connectivity index (χ1n) is 5.26. The Labute approximate surface area is 105 Å². The summed E-state index contributed by atoms with van der Waals surface area (Å²) in [5.74, 6) is 1.42. The van der Waals surface area contributed by atoms with Crippen LogP contribution in [0.1, 0.15) is 17.2 Å². The summed E-state index contributed by atoms with van der Waals surface area (Å²) in [7, 11) is 3.24. The second kappa shape index (κ2) is 5.21. The van der Waals surface area contributed by atoms with Gasteiger partial charge in [-0.15, -0.1) is 0 Å². The third-order valence-corrected chi connectivity index (χ3v) is 3.37. The van der Waals surface area contributed by atoms with E-state index < -0.39 is 0 Å². The number of rotatable bonds is 4. The van der Waals surface area contributed by atoms with Crippen molar-refractivity contribution in [2.45, 2.75) is 6.04 Å². The van der Waals surface area contributed by atoms with Crippen LogP contribution in [0.3, 0.4) is 0 Å². The molecule has 0 unspecified atom stereocenters. The molecule has 0 spiro atoms. The van der Waals surface area contributed by atoms with Gasteiger partial charge in [0.25, 0.3) is 0 Å². The molecular formula is C13H15NO2S. The van der Waals surface area contributed by atoms with Crippen molar-refractivity contribution in [1.82, 2.24) is 0 Å². The molecule has 0 aliphatic rings. The van der Waals surface area contributed by atoms with E-state index in [4.69, 9.17) is 15.2 Å². The molecule has 2 N–H and O–H groups in total. The Morgan fingerprint density at radius 2 is 1.82 bits per heavy atom. The van der Waals surface area contributed by atoms with Crippen molar-refractivity contribution in [2.75, 3.05) is 14.2 Å². The average Bonchev–Trinajstić information content (AvgIpc) is 2.90. The molecule has 2 rings (SSSR count). The van der Waals surface area contributed by atoms with Crippen LogP contribution in [0.5, 0.6) is 11.5 Å². The Bertz CT molecular complexity index is 482. The molecule has 0 aliphatic heterocycles. The van der Waals surface area contributed by atoms with Gasteiger partial charge in [-0.25, -0.2) is 0 Å². The van der Waals surface area contributed by atoms with Gasteiger partial charge in [0.1, 0.15) is 0 Å². The minimum Gasteiger partial charge on any atom is -0.493 e. The number of hydrogen-bond acceptors (Lipinski definition) is 4. The van der Waals surface area contributed by atoms with Gasteiger partial charge >= 0.3 is 0 Å². The molecule has 1 aromatic heterocycles. The first-order valence-corrected chi connectivity index (χ1v) is 6.20. The Morgan fingerprint density at radius 1 is 1.06 bits per heavy atom. The zero-order chi connectivity index (χ0) is 12.3. The molecule has 1 aromatic carbocycles. The molecule has 17 heavy (non-hydrogen) atoms. The van der Waals surface area contributed by atoms with Crippen LogP contribution in [0.4, 0.5) is 0 Å². The highest BCUT2D eigenvalue weighted by Gasteiger charge is 2.12. The Kier molecular flexibility index (Phi) is 3.66. The summed E-state index contributed by atoms with van der Waals surface area (Å²) in [4.78, 5) is 0. The van der Waals surface area contributed by atoms with Crippen molar-refractivity contribution in [2.24, 2.45) is 5.73 Å². The fourth-order valence-electron chi connectivity index (χ4n) is 1.69. The molecular weight excluding hydrogens is 234 g/mol. The van der Waals surface area contributed by atoms with Crippen LogP contribution in [0.15, 0.2) is 35.0 Å². The van der Waals surface area contributed by atoms with E-state index in [0.717, 1.165) is 11.1 Å². The summed E-state index contributed by atoms with van der Waals surface area (Å²) < 4.78 is 10.5. The molecule has 0 fully saturated rings. The van der Waals surface area contributed by atoms with Crippen LogP contribution in [-0.2, 0) is 0 Å². The van der Waals surface area contributed by atoms with E-state index in [1.54, 1.807) is 25.6 Å². The number of nitrogens with two attached hydrogens (primary N) is 1. The maximum atomic E-state index is 6.19. The topological polar surface area (TPSA) is 44.5 Å². The normalized spacial score (nSPS) is 12.2. The number of hydrogen-bond donors (Lipinski definition) is 1. The summed E-state index contributed by atoms with van der Waals surface area (Å²) in [6, 6.07) is 7.66. The van der Waals surface area contributed by atoms with Gasteiger partial charge in [0.2, 0.25) is 0 Å². The number of ether oxygens (including phenoxy) is 2. The van der Waals surface area contributed by atoms with Crippen LogP contribution in [0.25, 0.3) is 0 Å². The minimum absolute atomic E-state index is 0.124. The predicted molar refractivity (Wildman–Crippen MR) is 69.9 cm³/mol. The van der Waals surface area contributed by atoms with Crippen LogP contribution in [0.2, 0.25) is 0 Å². The van der Waals surface area contributed by atoms with Crippen molar-refractivity contribution >= 4 is 11.3 Å². The molecule has 0 saturated carbocycles. The summed E-state index contributed by atoms with van der Waals surface area (Å²) in [6.45, 7) is 0. The van der Waals surface area contributed by atoms with E-state index in [1.807, 2.05) is 29.6 Å². The standard InChI is InChI=1S/C13H15NO2S/c1-15-11-4-3-9(7-12(11)16-2)13(14)10-5-6-17-8-10/h3-8,13H,14H2,1-2H3/t13-/m1/s1. The van der Waals surface area contributed by atoms with Gasteiger partial charge in [-0.3, -0.25) is 0 Å². The molecule has 0 amide bonds. The van der Waals surface area contributed by atoms with Crippen molar-refractivity contribution in [3.05, 3.63) is 46.2 Å². The third-order valence-electron chi connectivity index (χ3n) is 2.67. The maximum absolute atomic E-state index is 6.19. The average molecular weight is 249 g/mol. The van der Waals surface area contributed by atoms with Crippen molar-refractivity contribution < 1.29 is 9.47 Å². The van der Waals surface area contributed by atoms with E-state index in [1.165, 1.54) is 0 Å². The van der Waals surface area contributed by atoms with Gasteiger partial charge < -0.3 is 15.2 Å². The van der Waals surface area contributed by atoms with Gasteiger partial charge in [0.15, 0.2) is 11.5 Å². The highest BCUT2D eigenvalue weighted by atomic mass is 32.1. The van der Waals surface area contributed by atoms with Gasteiger partial charge in [-0.2, -0.15) is 11.3 Å². The van der Waals surface area contributed by atoms with Gasteiger partial charge in [-0.1, -0.05) is 6.07 Å². The lowest BCUT2D eigenvalue weighted by atomic mass is 10.0. The fraction of sp³-hybridized carbons (Fsp3) is 0.231. The zero-order valence-corrected chi connectivity index (χ0v) is 10.7. The predicted octanol–water partition coefficient (Wildman–Crippen LogP) is 2.81. The zero-order valence-electron chi connectivity index (χ0n) is 9.84. The lowest BCUT2D eigenvalue weighted by Crippen LogP contribution is -2.11. The monoisotopic (exact) mass is 249 g/mol. The van der Waals surface area contributed by atoms with Crippen LogP contribution < -0.4 is 15.2 Å². The number of thiophene rings is 1. The molecule has 4 heteroatoms. The molecule has 0 saturated heterocycles. The highest BCUT2D eigenvalue weighted by Crippen LogP contribution is 2.31. The molecule has 0 radical (unpaired) electrons. The molecule has 1 atom stereocenters. The van der Waals surface area contributed by atoms with E-state index in [-0.39, 0.29) is 6.04 Å². The molecule has 2 aromatic rings. The van der Waals surface area contributed by atoms with Crippen molar-refractivity contribution in [3.8, 4) is 11.5 Å². The second-order valence-corrected chi connectivity index (χ2v) is 4.43. The molecule has 90 valence electrons. The molecule has 0 aliphatic carbocycles. The number of benzene rings is 1. The highest BCUT2D eigenvalue weighted by molar-refractivity contribution is 7.08. The fourth-order valence-corrected chi connectivity index (χ4v) is 2.39. The summed E-state index contributed by atoms with van der Waals surface area (Å²) in [6.07, 6.45) is 0. The van der Waals surface area contributed by atoms with Crippen LogP contribution >= 0.6 is 11.3 Å². The molecule has 0 bridgehead atoms. The van der Waals surface area contributed by atoms with E-state index in [2.05, 4.69) is 5.38 Å². The summed E-state index contributed by atoms with van der Waals surface area (Å²) >= 11 is 1.64.